The molecule has 1 amide bonds. The summed E-state index contributed by atoms with van der Waals surface area (Å²) in [5.74, 6) is -1.02. The summed E-state index contributed by atoms with van der Waals surface area (Å²) in [5, 5.41) is 12.9. The monoisotopic (exact) mass is 347 g/mol. The van der Waals surface area contributed by atoms with E-state index in [9.17, 15) is 9.59 Å². The first kappa shape index (κ1) is 16.5. The lowest BCUT2D eigenvalue weighted by molar-refractivity contribution is -0.141. The lowest BCUT2D eigenvalue weighted by Crippen LogP contribution is -2.34. The number of aliphatic carboxylic acids is 1. The highest BCUT2D eigenvalue weighted by Crippen LogP contribution is 2.30. The number of carbonyl (C=O) groups is 2. The summed E-state index contributed by atoms with van der Waals surface area (Å²) < 4.78 is 0. The topological polar surface area (TPSA) is 66.4 Å². The van der Waals surface area contributed by atoms with E-state index in [1.165, 1.54) is 11.8 Å². The lowest BCUT2D eigenvalue weighted by atomic mass is 10.1. The Balaban J connectivity index is 1.80. The molecule has 0 radical (unpaired) electrons. The maximum Gasteiger partial charge on any atom is 0.306 e. The summed E-state index contributed by atoms with van der Waals surface area (Å²) in [6.07, 6.45) is 1.84. The first-order chi connectivity index (χ1) is 9.95. The van der Waals surface area contributed by atoms with Gasteiger partial charge in [-0.1, -0.05) is 23.2 Å². The third-order valence-electron chi connectivity index (χ3n) is 3.40. The molecule has 0 bridgehead atoms. The Bertz CT molecular complexity index is 553. The first-order valence-electron chi connectivity index (χ1n) is 6.55. The van der Waals surface area contributed by atoms with E-state index in [-0.39, 0.29) is 23.6 Å². The van der Waals surface area contributed by atoms with Crippen molar-refractivity contribution in [2.75, 3.05) is 5.75 Å². The van der Waals surface area contributed by atoms with Gasteiger partial charge in [0.15, 0.2) is 0 Å². The number of amides is 1. The molecule has 114 valence electrons. The lowest BCUT2D eigenvalue weighted by Gasteiger charge is -2.12. The number of rotatable bonds is 5. The second-order valence-electron chi connectivity index (χ2n) is 4.98. The van der Waals surface area contributed by atoms with Crippen LogP contribution in [0.1, 0.15) is 19.3 Å². The molecule has 0 aliphatic heterocycles. The van der Waals surface area contributed by atoms with E-state index in [2.05, 4.69) is 5.32 Å². The molecule has 1 aliphatic rings. The standard InChI is InChI=1S/C14H15Cl2NO3S/c15-9-2-4-11(16)12(6-9)21-7-13(18)17-10-3-1-8(5-10)14(19)20/h2,4,6,8,10H,1,3,5,7H2,(H,17,18)(H,19,20)/t8-,10+/m0/s1. The SMILES string of the molecule is O=C(CSc1cc(Cl)ccc1Cl)N[C@@H]1CC[C@H](C(=O)O)C1. The van der Waals surface area contributed by atoms with Crippen LogP contribution in [0.15, 0.2) is 23.1 Å². The maximum atomic E-state index is 11.9. The molecular formula is C14H15Cl2NO3S. The summed E-state index contributed by atoms with van der Waals surface area (Å²) in [6, 6.07) is 5.06. The van der Waals surface area contributed by atoms with Gasteiger partial charge in [-0.3, -0.25) is 9.59 Å². The Morgan fingerprint density at radius 2 is 2.10 bits per heavy atom. The fourth-order valence-corrected chi connectivity index (χ4v) is 3.64. The average Bonchev–Trinajstić information content (AvgIpc) is 2.88. The molecule has 2 N–H and O–H groups in total. The molecule has 0 aromatic heterocycles. The van der Waals surface area contributed by atoms with Crippen molar-refractivity contribution >= 4 is 46.8 Å². The van der Waals surface area contributed by atoms with Gasteiger partial charge in [0.1, 0.15) is 0 Å². The number of hydrogen-bond donors (Lipinski definition) is 2. The first-order valence-corrected chi connectivity index (χ1v) is 8.30. The van der Waals surface area contributed by atoms with E-state index in [1.54, 1.807) is 18.2 Å². The second kappa shape index (κ2) is 7.38. The summed E-state index contributed by atoms with van der Waals surface area (Å²) in [5.41, 5.74) is 0. The van der Waals surface area contributed by atoms with Crippen molar-refractivity contribution in [3.63, 3.8) is 0 Å². The molecule has 1 saturated carbocycles. The van der Waals surface area contributed by atoms with Crippen LogP contribution >= 0.6 is 35.0 Å². The number of carboxylic acids is 1. The average molecular weight is 348 g/mol. The smallest absolute Gasteiger partial charge is 0.306 e. The zero-order valence-electron chi connectivity index (χ0n) is 11.1. The summed E-state index contributed by atoms with van der Waals surface area (Å²) in [4.78, 5) is 23.5. The number of hydrogen-bond acceptors (Lipinski definition) is 3. The predicted molar refractivity (Wildman–Crippen MR) is 84.1 cm³/mol. The highest BCUT2D eigenvalue weighted by atomic mass is 35.5. The van der Waals surface area contributed by atoms with Gasteiger partial charge in [0.2, 0.25) is 5.91 Å². The quantitative estimate of drug-likeness (QED) is 0.800. The van der Waals surface area contributed by atoms with Gasteiger partial charge in [-0.15, -0.1) is 11.8 Å². The van der Waals surface area contributed by atoms with E-state index in [0.717, 1.165) is 4.90 Å². The molecule has 0 spiro atoms. The van der Waals surface area contributed by atoms with Crippen molar-refractivity contribution in [3.05, 3.63) is 28.2 Å². The third-order valence-corrected chi connectivity index (χ3v) is 5.13. The van der Waals surface area contributed by atoms with Gasteiger partial charge in [-0.25, -0.2) is 0 Å². The molecule has 4 nitrogen and oxygen atoms in total. The third kappa shape index (κ3) is 4.80. The van der Waals surface area contributed by atoms with Gasteiger partial charge in [0.25, 0.3) is 0 Å². The molecule has 1 aromatic carbocycles. The van der Waals surface area contributed by atoms with Crippen molar-refractivity contribution in [3.8, 4) is 0 Å². The minimum absolute atomic E-state index is 0.0472. The Kier molecular flexibility index (Phi) is 5.79. The second-order valence-corrected chi connectivity index (χ2v) is 6.84. The van der Waals surface area contributed by atoms with Gasteiger partial charge in [0.05, 0.1) is 16.7 Å². The van der Waals surface area contributed by atoms with Crippen LogP contribution in [0.4, 0.5) is 0 Å². The van der Waals surface area contributed by atoms with E-state index in [1.807, 2.05) is 0 Å². The normalized spacial score (nSPS) is 21.2. The Morgan fingerprint density at radius 3 is 2.76 bits per heavy atom. The zero-order chi connectivity index (χ0) is 15.4. The maximum absolute atomic E-state index is 11.9. The fourth-order valence-electron chi connectivity index (χ4n) is 2.34. The van der Waals surface area contributed by atoms with Crippen LogP contribution in [0.5, 0.6) is 0 Å². The number of benzene rings is 1. The molecule has 1 fully saturated rings. The van der Waals surface area contributed by atoms with Crippen LogP contribution in [0.3, 0.4) is 0 Å². The zero-order valence-corrected chi connectivity index (χ0v) is 13.5. The molecular weight excluding hydrogens is 333 g/mol. The van der Waals surface area contributed by atoms with Crippen molar-refractivity contribution in [2.45, 2.75) is 30.2 Å². The number of nitrogens with one attached hydrogen (secondary N) is 1. The highest BCUT2D eigenvalue weighted by Gasteiger charge is 2.30. The van der Waals surface area contributed by atoms with E-state index in [4.69, 9.17) is 28.3 Å². The number of carboxylic acid groups (broad SMARTS) is 1. The van der Waals surface area contributed by atoms with E-state index in [0.29, 0.717) is 29.3 Å². The fraction of sp³-hybridized carbons (Fsp3) is 0.429. The van der Waals surface area contributed by atoms with Gasteiger partial charge in [-0.2, -0.15) is 0 Å². The Labute approximate surface area is 137 Å². The molecule has 0 saturated heterocycles. The van der Waals surface area contributed by atoms with Crippen molar-refractivity contribution in [1.82, 2.24) is 5.32 Å². The van der Waals surface area contributed by atoms with Crippen LogP contribution in [0, 0.1) is 5.92 Å². The van der Waals surface area contributed by atoms with Crippen LogP contribution in [-0.4, -0.2) is 28.8 Å². The summed E-state index contributed by atoms with van der Waals surface area (Å²) in [6.45, 7) is 0. The molecule has 7 heteroatoms. The van der Waals surface area contributed by atoms with Crippen LogP contribution < -0.4 is 5.32 Å². The molecule has 2 atom stereocenters. The predicted octanol–water partition coefficient (Wildman–Crippen LogP) is 3.46. The summed E-state index contributed by atoms with van der Waals surface area (Å²) in [7, 11) is 0. The van der Waals surface area contributed by atoms with Gasteiger partial charge < -0.3 is 10.4 Å². The Morgan fingerprint density at radius 1 is 1.33 bits per heavy atom. The Hall–Kier alpha value is -0.910. The minimum atomic E-state index is -0.785. The van der Waals surface area contributed by atoms with Crippen molar-refractivity contribution in [1.29, 1.82) is 0 Å². The number of halogens is 2. The largest absolute Gasteiger partial charge is 0.481 e. The number of carbonyl (C=O) groups excluding carboxylic acids is 1. The van der Waals surface area contributed by atoms with E-state index >= 15 is 0 Å². The van der Waals surface area contributed by atoms with Crippen LogP contribution in [0.2, 0.25) is 10.0 Å². The molecule has 1 aliphatic carbocycles. The van der Waals surface area contributed by atoms with Gasteiger partial charge in [-0.05, 0) is 37.5 Å². The molecule has 0 unspecified atom stereocenters. The van der Waals surface area contributed by atoms with Gasteiger partial charge >= 0.3 is 5.97 Å². The van der Waals surface area contributed by atoms with Crippen LogP contribution in [0.25, 0.3) is 0 Å². The van der Waals surface area contributed by atoms with Crippen molar-refractivity contribution in [2.24, 2.45) is 5.92 Å². The minimum Gasteiger partial charge on any atom is -0.481 e. The summed E-state index contributed by atoms with van der Waals surface area (Å²) >= 11 is 13.2. The van der Waals surface area contributed by atoms with Crippen molar-refractivity contribution < 1.29 is 14.7 Å². The number of thioether (sulfide) groups is 1. The molecule has 21 heavy (non-hydrogen) atoms. The molecule has 2 rings (SSSR count). The molecule has 1 aromatic rings. The van der Waals surface area contributed by atoms with E-state index < -0.39 is 5.97 Å². The molecule has 0 heterocycles. The van der Waals surface area contributed by atoms with Crippen LogP contribution in [-0.2, 0) is 9.59 Å². The highest BCUT2D eigenvalue weighted by molar-refractivity contribution is 8.00. The van der Waals surface area contributed by atoms with Gasteiger partial charge in [0, 0.05) is 16.0 Å².